The van der Waals surface area contributed by atoms with Gasteiger partial charge in [0.25, 0.3) is 0 Å². The highest BCUT2D eigenvalue weighted by molar-refractivity contribution is 5.15. The lowest BCUT2D eigenvalue weighted by Crippen LogP contribution is -2.03. The summed E-state index contributed by atoms with van der Waals surface area (Å²) in [6, 6.07) is -0.0454. The second-order valence-corrected chi connectivity index (χ2v) is 3.00. The minimum Gasteiger partial charge on any atom is -0.430 e. The Hall–Kier alpha value is -1.83. The first kappa shape index (κ1) is 10.7. The van der Waals surface area contributed by atoms with E-state index in [2.05, 4.69) is 10.1 Å². The van der Waals surface area contributed by atoms with E-state index in [1.54, 1.807) is 0 Å². The lowest BCUT2D eigenvalue weighted by molar-refractivity contribution is -0.137. The van der Waals surface area contributed by atoms with Crippen LogP contribution in [0.15, 0.2) is 23.1 Å². The van der Waals surface area contributed by atoms with Crippen LogP contribution in [0.25, 0.3) is 6.01 Å². The van der Waals surface area contributed by atoms with Crippen molar-refractivity contribution in [2.24, 2.45) is 5.73 Å². The van der Waals surface area contributed by atoms with Crippen LogP contribution in [0.5, 0.6) is 0 Å². The van der Waals surface area contributed by atoms with Gasteiger partial charge in [0.2, 0.25) is 0 Å². The number of oxazole rings is 1. The minimum atomic E-state index is -4.43. The second-order valence-electron chi connectivity index (χ2n) is 3.00. The average molecular weight is 232 g/mol. The maximum atomic E-state index is 12.3. The van der Waals surface area contributed by atoms with Gasteiger partial charge in [-0.1, -0.05) is 0 Å². The Balaban J connectivity index is 2.31. The van der Waals surface area contributed by atoms with Crippen LogP contribution in [0.4, 0.5) is 13.2 Å². The molecule has 2 heterocycles. The molecule has 2 N–H and O–H groups in total. The van der Waals surface area contributed by atoms with Crippen molar-refractivity contribution in [3.63, 3.8) is 0 Å². The van der Waals surface area contributed by atoms with Crippen LogP contribution in [-0.2, 0) is 12.7 Å². The third-order valence-electron chi connectivity index (χ3n) is 1.85. The Morgan fingerprint density at radius 2 is 2.19 bits per heavy atom. The fourth-order valence-electron chi connectivity index (χ4n) is 1.07. The highest BCUT2D eigenvalue weighted by atomic mass is 19.4. The van der Waals surface area contributed by atoms with Gasteiger partial charge in [0.05, 0.1) is 17.5 Å². The predicted octanol–water partition coefficient (Wildman–Crippen LogP) is 1.34. The maximum Gasteiger partial charge on any atom is 0.419 e. The Morgan fingerprint density at radius 3 is 2.69 bits per heavy atom. The summed E-state index contributed by atoms with van der Waals surface area (Å²) in [5.74, 6) is 0. The summed E-state index contributed by atoms with van der Waals surface area (Å²) in [5, 5.41) is 3.50. The molecule has 0 amide bonds. The van der Waals surface area contributed by atoms with Crippen molar-refractivity contribution >= 4 is 0 Å². The Labute approximate surface area is 87.7 Å². The van der Waals surface area contributed by atoms with Crippen LogP contribution in [-0.4, -0.2) is 14.8 Å². The van der Waals surface area contributed by atoms with E-state index in [4.69, 9.17) is 10.2 Å². The van der Waals surface area contributed by atoms with Gasteiger partial charge in [-0.15, -0.1) is 0 Å². The van der Waals surface area contributed by atoms with Crippen LogP contribution >= 0.6 is 0 Å². The SMILES string of the molecule is NCc1coc(-n2cc(C(F)(F)F)cn2)n1. The number of hydrogen-bond acceptors (Lipinski definition) is 4. The first-order valence-corrected chi connectivity index (χ1v) is 4.27. The van der Waals surface area contributed by atoms with E-state index in [1.165, 1.54) is 6.26 Å². The molecular weight excluding hydrogens is 225 g/mol. The Kier molecular flexibility index (Phi) is 2.43. The van der Waals surface area contributed by atoms with Crippen LogP contribution < -0.4 is 5.73 Å². The molecule has 2 aromatic rings. The van der Waals surface area contributed by atoms with Crippen molar-refractivity contribution < 1.29 is 17.6 Å². The molecule has 0 atom stereocenters. The molecule has 0 aliphatic carbocycles. The summed E-state index contributed by atoms with van der Waals surface area (Å²) in [6.07, 6.45) is -1.66. The van der Waals surface area contributed by atoms with Gasteiger partial charge < -0.3 is 10.2 Å². The maximum absolute atomic E-state index is 12.3. The lowest BCUT2D eigenvalue weighted by atomic mass is 10.4. The fourth-order valence-corrected chi connectivity index (χ4v) is 1.07. The molecule has 0 saturated carbocycles. The monoisotopic (exact) mass is 232 g/mol. The largest absolute Gasteiger partial charge is 0.430 e. The molecule has 8 heteroatoms. The zero-order chi connectivity index (χ0) is 11.8. The van der Waals surface area contributed by atoms with E-state index >= 15 is 0 Å². The number of halogens is 3. The van der Waals surface area contributed by atoms with Gasteiger partial charge in [-0.05, 0) is 0 Å². The van der Waals surface area contributed by atoms with Crippen molar-refractivity contribution in [2.45, 2.75) is 12.7 Å². The smallest absolute Gasteiger partial charge is 0.419 e. The summed E-state index contributed by atoms with van der Waals surface area (Å²) in [4.78, 5) is 3.84. The average Bonchev–Trinajstić information content (AvgIpc) is 2.85. The van der Waals surface area contributed by atoms with Gasteiger partial charge in [0.1, 0.15) is 6.26 Å². The summed E-state index contributed by atoms with van der Waals surface area (Å²) >= 11 is 0. The van der Waals surface area contributed by atoms with Gasteiger partial charge >= 0.3 is 12.2 Å². The second kappa shape index (κ2) is 3.63. The molecule has 0 bridgehead atoms. The van der Waals surface area contributed by atoms with Crippen molar-refractivity contribution in [3.05, 3.63) is 29.9 Å². The zero-order valence-electron chi connectivity index (χ0n) is 7.90. The number of nitrogens with two attached hydrogens (primary N) is 1. The van der Waals surface area contributed by atoms with E-state index in [9.17, 15) is 13.2 Å². The van der Waals surface area contributed by atoms with Gasteiger partial charge in [0.15, 0.2) is 0 Å². The Bertz CT molecular complexity index is 487. The van der Waals surface area contributed by atoms with Crippen LogP contribution in [0.1, 0.15) is 11.3 Å². The molecule has 2 rings (SSSR count). The molecular formula is C8H7F3N4O. The molecule has 0 radical (unpaired) electrons. The Morgan fingerprint density at radius 1 is 1.44 bits per heavy atom. The normalized spacial score (nSPS) is 12.0. The van der Waals surface area contributed by atoms with E-state index in [0.717, 1.165) is 10.9 Å². The predicted molar refractivity (Wildman–Crippen MR) is 46.5 cm³/mol. The van der Waals surface area contributed by atoms with Crippen molar-refractivity contribution in [1.82, 2.24) is 14.8 Å². The third kappa shape index (κ3) is 1.91. The first-order chi connectivity index (χ1) is 7.50. The summed E-state index contributed by atoms with van der Waals surface area (Å²) in [7, 11) is 0. The highest BCUT2D eigenvalue weighted by Gasteiger charge is 2.32. The standard InChI is InChI=1S/C8H7F3N4O/c9-8(10,11)5-2-13-15(3-5)7-14-6(1-12)4-16-7/h2-4H,1,12H2. The summed E-state index contributed by atoms with van der Waals surface area (Å²) in [6.45, 7) is 0.150. The molecule has 0 saturated heterocycles. The number of hydrogen-bond donors (Lipinski definition) is 1. The quantitative estimate of drug-likeness (QED) is 0.848. The molecule has 0 aliphatic rings. The number of nitrogens with zero attached hydrogens (tertiary/aromatic N) is 3. The highest BCUT2D eigenvalue weighted by Crippen LogP contribution is 2.28. The van der Waals surface area contributed by atoms with Crippen molar-refractivity contribution in [3.8, 4) is 6.01 Å². The molecule has 2 aromatic heterocycles. The van der Waals surface area contributed by atoms with E-state index in [-0.39, 0.29) is 12.6 Å². The van der Waals surface area contributed by atoms with Crippen LogP contribution in [0, 0.1) is 0 Å². The summed E-state index contributed by atoms with van der Waals surface area (Å²) < 4.78 is 42.6. The van der Waals surface area contributed by atoms with Crippen molar-refractivity contribution in [2.75, 3.05) is 0 Å². The molecule has 0 aromatic carbocycles. The zero-order valence-corrected chi connectivity index (χ0v) is 7.90. The topological polar surface area (TPSA) is 69.9 Å². The molecule has 16 heavy (non-hydrogen) atoms. The summed E-state index contributed by atoms with van der Waals surface area (Å²) in [5.41, 5.74) is 4.87. The minimum absolute atomic E-state index is 0.0454. The molecule has 86 valence electrons. The van der Waals surface area contributed by atoms with Gasteiger partial charge in [0, 0.05) is 12.7 Å². The van der Waals surface area contributed by atoms with Gasteiger partial charge in [-0.25, -0.2) is 0 Å². The molecule has 0 unspecified atom stereocenters. The molecule has 0 fully saturated rings. The number of aromatic nitrogens is 3. The van der Waals surface area contributed by atoms with Gasteiger partial charge in [-0.2, -0.15) is 27.9 Å². The van der Waals surface area contributed by atoms with E-state index < -0.39 is 11.7 Å². The third-order valence-corrected chi connectivity index (χ3v) is 1.85. The number of rotatable bonds is 2. The number of alkyl halides is 3. The van der Waals surface area contributed by atoms with Gasteiger partial charge in [-0.3, -0.25) is 0 Å². The fraction of sp³-hybridized carbons (Fsp3) is 0.250. The molecule has 5 nitrogen and oxygen atoms in total. The van der Waals surface area contributed by atoms with Crippen molar-refractivity contribution in [1.29, 1.82) is 0 Å². The first-order valence-electron chi connectivity index (χ1n) is 4.27. The van der Waals surface area contributed by atoms with Crippen LogP contribution in [0.3, 0.4) is 0 Å². The lowest BCUT2D eigenvalue weighted by Gasteiger charge is -1.99. The molecule has 0 spiro atoms. The van der Waals surface area contributed by atoms with E-state index in [0.29, 0.717) is 11.9 Å². The molecule has 0 aliphatic heterocycles. The van der Waals surface area contributed by atoms with E-state index in [1.807, 2.05) is 0 Å². The van der Waals surface area contributed by atoms with Crippen LogP contribution in [0.2, 0.25) is 0 Å².